The third-order valence-corrected chi connectivity index (χ3v) is 4.42. The summed E-state index contributed by atoms with van der Waals surface area (Å²) in [7, 11) is 3.42. The average Bonchev–Trinajstić information content (AvgIpc) is 2.46. The molecule has 0 aromatic heterocycles. The van der Waals surface area contributed by atoms with Crippen molar-refractivity contribution in [2.75, 3.05) is 19.4 Å². The molecule has 0 saturated heterocycles. The lowest BCUT2D eigenvalue weighted by Crippen LogP contribution is -2.35. The van der Waals surface area contributed by atoms with Crippen molar-refractivity contribution in [2.24, 2.45) is 0 Å². The van der Waals surface area contributed by atoms with Gasteiger partial charge in [-0.25, -0.2) is 0 Å². The maximum Gasteiger partial charge on any atom is 0.253 e. The zero-order valence-electron chi connectivity index (χ0n) is 14.2. The van der Waals surface area contributed by atoms with E-state index < -0.39 is 5.60 Å². The molecule has 1 saturated carbocycles. The van der Waals surface area contributed by atoms with Crippen LogP contribution in [0, 0.1) is 6.92 Å². The largest absolute Gasteiger partial charge is 0.389 e. The van der Waals surface area contributed by atoms with Crippen LogP contribution < -0.4 is 5.32 Å². The Morgan fingerprint density at radius 3 is 2.43 bits per heavy atom. The lowest BCUT2D eigenvalue weighted by atomic mass is 9.82. The minimum Gasteiger partial charge on any atom is -0.389 e. The van der Waals surface area contributed by atoms with Crippen molar-refractivity contribution >= 4 is 17.5 Å². The fourth-order valence-corrected chi connectivity index (χ4v) is 3.11. The summed E-state index contributed by atoms with van der Waals surface area (Å²) in [6.45, 7) is 1.85. The summed E-state index contributed by atoms with van der Waals surface area (Å²) in [5, 5.41) is 13.3. The first-order valence-electron chi connectivity index (χ1n) is 8.15. The first kappa shape index (κ1) is 17.5. The van der Waals surface area contributed by atoms with E-state index in [0.29, 0.717) is 24.1 Å². The van der Waals surface area contributed by atoms with Crippen molar-refractivity contribution in [3.8, 4) is 0 Å². The van der Waals surface area contributed by atoms with Crippen LogP contribution in [0.15, 0.2) is 18.2 Å². The zero-order chi connectivity index (χ0) is 17.0. The minimum absolute atomic E-state index is 0.0584. The maximum atomic E-state index is 12.2. The molecule has 1 aliphatic rings. The molecule has 5 heteroatoms. The second-order valence-corrected chi connectivity index (χ2v) is 6.74. The Balaban J connectivity index is 2.01. The number of anilines is 1. The summed E-state index contributed by atoms with van der Waals surface area (Å²) in [5.74, 6) is -0.239. The number of aliphatic hydroxyl groups is 1. The highest BCUT2D eigenvalue weighted by atomic mass is 16.3. The van der Waals surface area contributed by atoms with E-state index >= 15 is 0 Å². The Hall–Kier alpha value is -1.88. The number of nitrogens with zero attached hydrogens (tertiary/aromatic N) is 1. The fourth-order valence-electron chi connectivity index (χ4n) is 3.11. The van der Waals surface area contributed by atoms with E-state index in [1.807, 2.05) is 6.92 Å². The number of benzene rings is 1. The van der Waals surface area contributed by atoms with E-state index in [1.54, 1.807) is 32.3 Å². The first-order chi connectivity index (χ1) is 10.8. The zero-order valence-corrected chi connectivity index (χ0v) is 14.2. The SMILES string of the molecule is Cc1cc(NC(=O)CC2(O)CCCCC2)ccc1C(=O)N(C)C. The maximum absolute atomic E-state index is 12.2. The van der Waals surface area contributed by atoms with E-state index in [4.69, 9.17) is 0 Å². The highest BCUT2D eigenvalue weighted by Gasteiger charge is 2.31. The van der Waals surface area contributed by atoms with Gasteiger partial charge in [0.25, 0.3) is 5.91 Å². The summed E-state index contributed by atoms with van der Waals surface area (Å²) in [5.41, 5.74) is 1.23. The molecular weight excluding hydrogens is 292 g/mol. The third-order valence-electron chi connectivity index (χ3n) is 4.42. The number of carbonyl (C=O) groups is 2. The van der Waals surface area contributed by atoms with Crippen LogP contribution in [0.25, 0.3) is 0 Å². The van der Waals surface area contributed by atoms with E-state index in [0.717, 1.165) is 24.8 Å². The summed E-state index contributed by atoms with van der Waals surface area (Å²) in [6, 6.07) is 5.24. The molecule has 0 atom stereocenters. The summed E-state index contributed by atoms with van der Waals surface area (Å²) >= 11 is 0. The molecule has 23 heavy (non-hydrogen) atoms. The summed E-state index contributed by atoms with van der Waals surface area (Å²) in [6.07, 6.45) is 4.59. The standard InChI is InChI=1S/C18H26N2O3/c1-13-11-14(7-8-15(13)17(22)20(2)3)19-16(21)12-18(23)9-5-4-6-10-18/h7-8,11,23H,4-6,9-10,12H2,1-3H3,(H,19,21). The highest BCUT2D eigenvalue weighted by molar-refractivity contribution is 5.97. The Morgan fingerprint density at radius 1 is 1.22 bits per heavy atom. The second-order valence-electron chi connectivity index (χ2n) is 6.74. The quantitative estimate of drug-likeness (QED) is 0.897. The molecule has 1 aromatic carbocycles. The van der Waals surface area contributed by atoms with Gasteiger partial charge in [0.15, 0.2) is 0 Å². The van der Waals surface area contributed by atoms with Crippen molar-refractivity contribution in [3.63, 3.8) is 0 Å². The van der Waals surface area contributed by atoms with E-state index in [2.05, 4.69) is 5.32 Å². The number of aryl methyl sites for hydroxylation is 1. The van der Waals surface area contributed by atoms with Gasteiger partial charge in [-0.05, 0) is 43.5 Å². The van der Waals surface area contributed by atoms with Gasteiger partial charge >= 0.3 is 0 Å². The van der Waals surface area contributed by atoms with Gasteiger partial charge in [0.1, 0.15) is 0 Å². The number of hydrogen-bond acceptors (Lipinski definition) is 3. The molecule has 1 aliphatic carbocycles. The Morgan fingerprint density at radius 2 is 1.87 bits per heavy atom. The number of hydrogen-bond donors (Lipinski definition) is 2. The van der Waals surface area contributed by atoms with Crippen LogP contribution in [0.1, 0.15) is 54.4 Å². The van der Waals surface area contributed by atoms with Crippen molar-refractivity contribution < 1.29 is 14.7 Å². The van der Waals surface area contributed by atoms with Crippen LogP contribution in [0.5, 0.6) is 0 Å². The first-order valence-corrected chi connectivity index (χ1v) is 8.15. The van der Waals surface area contributed by atoms with Gasteiger partial charge in [-0.3, -0.25) is 9.59 Å². The van der Waals surface area contributed by atoms with Gasteiger partial charge in [0.2, 0.25) is 5.91 Å². The number of amides is 2. The number of nitrogens with one attached hydrogen (secondary N) is 1. The molecule has 1 fully saturated rings. The van der Waals surface area contributed by atoms with Crippen LogP contribution in [0.3, 0.4) is 0 Å². The van der Waals surface area contributed by atoms with Crippen LogP contribution >= 0.6 is 0 Å². The molecule has 0 spiro atoms. The van der Waals surface area contributed by atoms with E-state index in [1.165, 1.54) is 4.90 Å². The molecule has 2 rings (SSSR count). The molecule has 1 aromatic rings. The Labute approximate surface area is 137 Å². The molecule has 0 aliphatic heterocycles. The Kier molecular flexibility index (Phi) is 5.42. The van der Waals surface area contributed by atoms with E-state index in [9.17, 15) is 14.7 Å². The lowest BCUT2D eigenvalue weighted by molar-refractivity contribution is -0.122. The molecule has 0 unspecified atom stereocenters. The smallest absolute Gasteiger partial charge is 0.253 e. The van der Waals surface area contributed by atoms with E-state index in [-0.39, 0.29) is 18.2 Å². The predicted octanol–water partition coefficient (Wildman–Crippen LogP) is 2.72. The Bertz CT molecular complexity index is 590. The monoisotopic (exact) mass is 318 g/mol. The molecule has 126 valence electrons. The van der Waals surface area contributed by atoms with Crippen LogP contribution in [0.4, 0.5) is 5.69 Å². The summed E-state index contributed by atoms with van der Waals surface area (Å²) in [4.78, 5) is 25.7. The average molecular weight is 318 g/mol. The molecule has 0 radical (unpaired) electrons. The molecule has 2 amide bonds. The molecule has 5 nitrogen and oxygen atoms in total. The highest BCUT2D eigenvalue weighted by Crippen LogP contribution is 2.31. The van der Waals surface area contributed by atoms with Crippen molar-refractivity contribution in [3.05, 3.63) is 29.3 Å². The second kappa shape index (κ2) is 7.13. The minimum atomic E-state index is -0.863. The van der Waals surface area contributed by atoms with Gasteiger partial charge in [-0.1, -0.05) is 19.3 Å². The van der Waals surface area contributed by atoms with Crippen LogP contribution in [-0.4, -0.2) is 41.5 Å². The lowest BCUT2D eigenvalue weighted by Gasteiger charge is -2.31. The molecule has 0 heterocycles. The van der Waals surface area contributed by atoms with Gasteiger partial charge in [0.05, 0.1) is 12.0 Å². The molecular formula is C18H26N2O3. The van der Waals surface area contributed by atoms with Gasteiger partial charge in [-0.15, -0.1) is 0 Å². The third kappa shape index (κ3) is 4.55. The van der Waals surface area contributed by atoms with Gasteiger partial charge < -0.3 is 15.3 Å². The van der Waals surface area contributed by atoms with Crippen LogP contribution in [0.2, 0.25) is 0 Å². The number of rotatable bonds is 4. The normalized spacial score (nSPS) is 16.7. The van der Waals surface area contributed by atoms with Crippen molar-refractivity contribution in [2.45, 2.75) is 51.0 Å². The molecule has 2 N–H and O–H groups in total. The van der Waals surface area contributed by atoms with Gasteiger partial charge in [0, 0.05) is 25.3 Å². The van der Waals surface area contributed by atoms with Crippen LogP contribution in [-0.2, 0) is 4.79 Å². The van der Waals surface area contributed by atoms with Gasteiger partial charge in [-0.2, -0.15) is 0 Å². The topological polar surface area (TPSA) is 69.6 Å². The number of carbonyl (C=O) groups excluding carboxylic acids is 2. The molecule has 0 bridgehead atoms. The van der Waals surface area contributed by atoms with Crippen molar-refractivity contribution in [1.29, 1.82) is 0 Å². The summed E-state index contributed by atoms with van der Waals surface area (Å²) < 4.78 is 0. The van der Waals surface area contributed by atoms with Crippen molar-refractivity contribution in [1.82, 2.24) is 4.90 Å². The fraction of sp³-hybridized carbons (Fsp3) is 0.556. The predicted molar refractivity (Wildman–Crippen MR) is 90.5 cm³/mol.